The van der Waals surface area contributed by atoms with Gasteiger partial charge >= 0.3 is 6.09 Å². The largest absolute Gasteiger partial charge is 0.445 e. The standard InChI is InChI=1S/C69H86Cl3NO12SSi/c1-68(2,3)87(4,5)83-49-58-60(76-43-52-30-16-9-17-31-52)61(77-44-53-32-18-10-19-33-53)63(79-46-55-36-22-12-23-37-55)65(84-58)81-48-57-59(75-42-51-28-14-8-15-29-51)62(78-45-54-34-20-11-21-35-54)64(80-47-56-38-24-13-25-39-56)66(85-57)86-41-27-7-6-26-40-73-67(74)82-50-69(70,71)72/h8-25,28-39,57-66H,6-7,26-27,40-50H2,1-5H3,(H,73,74)/t57-,58-,59+,60+,61+,62+,63-,64-,65-,66+/m1/s1. The average Bonchev–Trinajstić information content (AvgIpc) is 1.98. The molecule has 6 aromatic rings. The number of carbonyl (C=O) groups is 1. The van der Waals surface area contributed by atoms with Gasteiger partial charge in [-0.3, -0.25) is 0 Å². The molecule has 18 heteroatoms. The lowest BCUT2D eigenvalue weighted by molar-refractivity contribution is -0.335. The predicted molar refractivity (Wildman–Crippen MR) is 347 cm³/mol. The van der Waals surface area contributed by atoms with E-state index in [-0.39, 0.29) is 44.7 Å². The van der Waals surface area contributed by atoms with Crippen molar-refractivity contribution in [2.45, 2.75) is 169 Å². The third-order valence-corrected chi connectivity index (χ3v) is 21.8. The summed E-state index contributed by atoms with van der Waals surface area (Å²) in [6.45, 7) is 13.2. The number of ether oxygens (including phenoxy) is 10. The third-order valence-electron chi connectivity index (χ3n) is 15.7. The summed E-state index contributed by atoms with van der Waals surface area (Å²) in [5.74, 6) is 0.741. The van der Waals surface area contributed by atoms with Gasteiger partial charge < -0.3 is 57.1 Å². The Hall–Kier alpha value is -4.37. The number of unbranched alkanes of at least 4 members (excludes halogenated alkanes) is 3. The minimum atomic E-state index is -2.35. The van der Waals surface area contributed by atoms with Gasteiger partial charge in [0.15, 0.2) is 14.6 Å². The van der Waals surface area contributed by atoms with E-state index in [2.05, 4.69) is 87.7 Å². The first-order valence-electron chi connectivity index (χ1n) is 30.2. The van der Waals surface area contributed by atoms with Gasteiger partial charge in [0.05, 0.1) is 52.9 Å². The molecule has 0 bridgehead atoms. The van der Waals surface area contributed by atoms with Gasteiger partial charge in [-0.1, -0.05) is 250 Å². The molecule has 0 saturated carbocycles. The highest BCUT2D eigenvalue weighted by molar-refractivity contribution is 7.99. The summed E-state index contributed by atoms with van der Waals surface area (Å²) in [4.78, 5) is 12.2. The van der Waals surface area contributed by atoms with E-state index in [1.54, 1.807) is 11.8 Å². The number of rotatable bonds is 33. The van der Waals surface area contributed by atoms with Crippen LogP contribution in [0.15, 0.2) is 182 Å². The Kier molecular flexibility index (Phi) is 27.8. The van der Waals surface area contributed by atoms with Gasteiger partial charge in [0, 0.05) is 6.54 Å². The second-order valence-electron chi connectivity index (χ2n) is 23.5. The lowest BCUT2D eigenvalue weighted by Crippen LogP contribution is -2.64. The van der Waals surface area contributed by atoms with Crippen molar-refractivity contribution >= 4 is 61.0 Å². The number of halogens is 3. The number of hydrogen-bond donors (Lipinski definition) is 1. The number of hydrogen-bond acceptors (Lipinski definition) is 13. The van der Waals surface area contributed by atoms with Gasteiger partial charge in [0.2, 0.25) is 3.79 Å². The predicted octanol–water partition coefficient (Wildman–Crippen LogP) is 15.4. The van der Waals surface area contributed by atoms with Gasteiger partial charge in [0.1, 0.15) is 60.9 Å². The summed E-state index contributed by atoms with van der Waals surface area (Å²) in [6, 6.07) is 60.7. The number of benzene rings is 6. The minimum absolute atomic E-state index is 0.0107. The Morgan fingerprint density at radius 2 is 0.839 bits per heavy atom. The van der Waals surface area contributed by atoms with E-state index < -0.39 is 78.8 Å². The van der Waals surface area contributed by atoms with Crippen molar-refractivity contribution < 1.29 is 56.6 Å². The molecule has 0 aromatic heterocycles. The fraction of sp³-hybridized carbons (Fsp3) is 0.464. The molecule has 2 saturated heterocycles. The zero-order valence-corrected chi connectivity index (χ0v) is 54.7. The first kappa shape index (κ1) is 68.5. The van der Waals surface area contributed by atoms with Crippen LogP contribution in [0.3, 0.4) is 0 Å². The molecule has 13 nitrogen and oxygen atoms in total. The van der Waals surface area contributed by atoms with Crippen molar-refractivity contribution in [1.82, 2.24) is 5.32 Å². The molecule has 470 valence electrons. The van der Waals surface area contributed by atoms with E-state index in [1.807, 2.05) is 133 Å². The fourth-order valence-electron chi connectivity index (χ4n) is 9.89. The molecule has 0 aliphatic carbocycles. The first-order chi connectivity index (χ1) is 42.1. The monoisotopic (exact) mass is 1290 g/mol. The van der Waals surface area contributed by atoms with Crippen LogP contribution < -0.4 is 5.32 Å². The van der Waals surface area contributed by atoms with Crippen molar-refractivity contribution in [3.63, 3.8) is 0 Å². The highest BCUT2D eigenvalue weighted by Gasteiger charge is 2.53. The third kappa shape index (κ3) is 22.8. The first-order valence-corrected chi connectivity index (χ1v) is 35.3. The Morgan fingerprint density at radius 1 is 0.471 bits per heavy atom. The van der Waals surface area contributed by atoms with Crippen LogP contribution in [-0.4, -0.2) is 111 Å². The van der Waals surface area contributed by atoms with Gasteiger partial charge in [-0.15, -0.1) is 11.8 Å². The van der Waals surface area contributed by atoms with Crippen LogP contribution in [0.25, 0.3) is 0 Å². The van der Waals surface area contributed by atoms with E-state index >= 15 is 0 Å². The zero-order valence-electron chi connectivity index (χ0n) is 50.6. The van der Waals surface area contributed by atoms with Crippen LogP contribution in [0.4, 0.5) is 4.79 Å². The topological polar surface area (TPSA) is 131 Å². The van der Waals surface area contributed by atoms with Crippen LogP contribution in [0.1, 0.15) is 79.8 Å². The lowest BCUT2D eigenvalue weighted by Gasteiger charge is -2.48. The average molecular weight is 1290 g/mol. The molecule has 2 aliphatic heterocycles. The number of nitrogens with one attached hydrogen (secondary N) is 1. The van der Waals surface area contributed by atoms with Crippen molar-refractivity contribution in [1.29, 1.82) is 0 Å². The number of alkyl carbamates (subject to hydrolysis) is 1. The maximum Gasteiger partial charge on any atom is 0.407 e. The number of carbonyl (C=O) groups excluding carboxylic acids is 1. The summed E-state index contributed by atoms with van der Waals surface area (Å²) < 4.78 is 75.0. The highest BCUT2D eigenvalue weighted by Crippen LogP contribution is 2.40. The Bertz CT molecular complexity index is 2850. The Balaban J connectivity index is 1.13. The van der Waals surface area contributed by atoms with E-state index in [1.165, 1.54) is 0 Å². The van der Waals surface area contributed by atoms with E-state index in [4.69, 9.17) is 86.6 Å². The van der Waals surface area contributed by atoms with E-state index in [0.717, 1.165) is 64.8 Å². The number of amides is 1. The van der Waals surface area contributed by atoms with Crippen LogP contribution in [0, 0.1) is 0 Å². The van der Waals surface area contributed by atoms with Crippen molar-refractivity contribution in [3.8, 4) is 0 Å². The molecule has 0 radical (unpaired) electrons. The summed E-state index contributed by atoms with van der Waals surface area (Å²) in [5, 5.41) is 2.65. The van der Waals surface area contributed by atoms with Crippen molar-refractivity contribution in [2.75, 3.05) is 32.1 Å². The Morgan fingerprint density at radius 3 is 1.25 bits per heavy atom. The van der Waals surface area contributed by atoms with Crippen LogP contribution in [-0.2, 0) is 91.4 Å². The summed E-state index contributed by atoms with van der Waals surface area (Å²) in [7, 11) is -2.35. The molecular weight excluding hydrogens is 1200 g/mol. The molecule has 2 aliphatic rings. The molecule has 87 heavy (non-hydrogen) atoms. The van der Waals surface area contributed by atoms with Gasteiger partial charge in [0.25, 0.3) is 0 Å². The number of alkyl halides is 3. The van der Waals surface area contributed by atoms with E-state index in [9.17, 15) is 4.79 Å². The summed E-state index contributed by atoms with van der Waals surface area (Å²) in [6.07, 6.45) is -3.76. The molecule has 2 heterocycles. The van der Waals surface area contributed by atoms with E-state index in [0.29, 0.717) is 26.4 Å². The second kappa shape index (κ2) is 35.3. The highest BCUT2D eigenvalue weighted by atomic mass is 35.6. The summed E-state index contributed by atoms with van der Waals surface area (Å²) in [5.41, 5.74) is 5.45. The molecule has 10 atom stereocenters. The summed E-state index contributed by atoms with van der Waals surface area (Å²) >= 11 is 19.0. The smallest absolute Gasteiger partial charge is 0.407 e. The maximum atomic E-state index is 12.2. The quantitative estimate of drug-likeness (QED) is 0.0239. The SMILES string of the molecule is CC(C)(C)[Si](C)(C)OC[C@H]1O[C@@H](OC[C@H]2O[C@@H](SCCCCCCNC(=O)OCC(Cl)(Cl)Cl)[C@H](OCc3ccccc3)[C@@H](OCc3ccccc3)[C@H]2OCc2ccccc2)[C@H](OCc2ccccc2)[C@@H](OCc2ccccc2)[C@H]1OCc1ccccc1. The van der Waals surface area contributed by atoms with Crippen LogP contribution in [0.2, 0.25) is 18.1 Å². The molecule has 8 rings (SSSR count). The second-order valence-corrected chi connectivity index (χ2v) is 32.0. The lowest BCUT2D eigenvalue weighted by atomic mass is 9.97. The molecule has 2 fully saturated rings. The van der Waals surface area contributed by atoms with Crippen LogP contribution >= 0.6 is 46.6 Å². The van der Waals surface area contributed by atoms with Crippen LogP contribution in [0.5, 0.6) is 0 Å². The molecular formula is C69H86Cl3NO12SSi. The normalized spacial score (nSPS) is 22.6. The van der Waals surface area contributed by atoms with Gasteiger partial charge in [-0.2, -0.15) is 0 Å². The Labute approximate surface area is 535 Å². The van der Waals surface area contributed by atoms with Gasteiger partial charge in [-0.25, -0.2) is 4.79 Å². The fourth-order valence-corrected chi connectivity index (χ4v) is 12.3. The maximum absolute atomic E-state index is 12.2. The molecule has 6 aromatic carbocycles. The number of thioether (sulfide) groups is 1. The molecule has 1 N–H and O–H groups in total. The molecule has 1 amide bonds. The zero-order chi connectivity index (χ0) is 61.3. The molecule has 0 unspecified atom stereocenters. The molecule has 0 spiro atoms. The van der Waals surface area contributed by atoms with Gasteiger partial charge in [-0.05, 0) is 70.1 Å². The van der Waals surface area contributed by atoms with Crippen molar-refractivity contribution in [2.24, 2.45) is 0 Å². The van der Waals surface area contributed by atoms with Crippen molar-refractivity contribution in [3.05, 3.63) is 215 Å². The minimum Gasteiger partial charge on any atom is -0.445 e.